The Morgan fingerprint density at radius 1 is 0.750 bits per heavy atom. The molecule has 10 heteroatoms. The van der Waals surface area contributed by atoms with Crippen LogP contribution in [-0.4, -0.2) is 63.7 Å². The number of carbonyl (C=O) groups excluding carboxylic acids is 2. The molecular formula is C30H34O4S2Se2Si2. The number of rotatable bonds is 8. The van der Waals surface area contributed by atoms with Gasteiger partial charge in [0, 0.05) is 0 Å². The van der Waals surface area contributed by atoms with Gasteiger partial charge in [-0.15, -0.1) is 0 Å². The summed E-state index contributed by atoms with van der Waals surface area (Å²) in [7, 11) is -2.78. The number of ether oxygens (including phenoxy) is 2. The van der Waals surface area contributed by atoms with Crippen molar-refractivity contribution in [3.63, 3.8) is 0 Å². The quantitative estimate of drug-likeness (QED) is 0.0966. The van der Waals surface area contributed by atoms with E-state index in [4.69, 9.17) is 9.47 Å². The molecule has 0 unspecified atom stereocenters. The van der Waals surface area contributed by atoms with Crippen molar-refractivity contribution in [1.29, 1.82) is 0 Å². The minimum absolute atomic E-state index is 0.0620. The van der Waals surface area contributed by atoms with Crippen LogP contribution in [-0.2, 0) is 9.53 Å². The van der Waals surface area contributed by atoms with Crippen LogP contribution in [0, 0.1) is 0 Å². The number of hydrogen-bond acceptors (Lipinski definition) is 6. The molecular weight excluding hydrogens is 703 g/mol. The molecule has 0 aliphatic heterocycles. The zero-order chi connectivity index (χ0) is 29.0. The number of fused-ring (bicyclic) bond motifs is 2. The molecule has 4 nitrogen and oxygen atoms in total. The van der Waals surface area contributed by atoms with Crippen molar-refractivity contribution in [2.45, 2.75) is 59.6 Å². The van der Waals surface area contributed by atoms with Crippen molar-refractivity contribution >= 4 is 107 Å². The van der Waals surface area contributed by atoms with Crippen molar-refractivity contribution in [1.82, 2.24) is 0 Å². The van der Waals surface area contributed by atoms with Gasteiger partial charge in [0.25, 0.3) is 0 Å². The molecule has 0 atom stereocenters. The zero-order valence-electron chi connectivity index (χ0n) is 24.1. The molecule has 0 amide bonds. The van der Waals surface area contributed by atoms with E-state index < -0.39 is 16.1 Å². The van der Waals surface area contributed by atoms with Crippen molar-refractivity contribution in [3.05, 3.63) is 42.0 Å². The molecule has 5 aromatic rings. The summed E-state index contributed by atoms with van der Waals surface area (Å²) >= 11 is 3.91. The summed E-state index contributed by atoms with van der Waals surface area (Å²) in [6, 6.07) is 13.1. The standard InChI is InChI=1S/C30H34O4S2Se2Si2/c1-9-27(31)34-20-12-17(23-13-21-25(37-23)15-28(35-21)39(3,4)5)18(30(32)33-10-2)11-19(20)24-14-22-26(38-24)16-29(36-22)40(6,7)8/h11-16H,9-10H2,1-8H3. The summed E-state index contributed by atoms with van der Waals surface area (Å²) in [6.45, 7) is 18.2. The first-order valence-corrected chi connectivity index (χ1v) is 25.5. The first-order chi connectivity index (χ1) is 18.8. The first-order valence-electron chi connectivity index (χ1n) is 13.4. The van der Waals surface area contributed by atoms with Crippen LogP contribution in [0.5, 0.6) is 5.75 Å². The molecule has 0 N–H and O–H groups in total. The fraction of sp³-hybridized carbons (Fsp3) is 0.333. The topological polar surface area (TPSA) is 52.6 Å². The van der Waals surface area contributed by atoms with Gasteiger partial charge >= 0.3 is 260 Å². The molecule has 0 saturated heterocycles. The van der Waals surface area contributed by atoms with E-state index in [1.54, 1.807) is 6.92 Å². The van der Waals surface area contributed by atoms with Crippen LogP contribution in [0.2, 0.25) is 39.3 Å². The van der Waals surface area contributed by atoms with Crippen molar-refractivity contribution < 1.29 is 19.1 Å². The van der Waals surface area contributed by atoms with Crippen LogP contribution < -0.4 is 13.7 Å². The second-order valence-corrected chi connectivity index (χ2v) is 29.4. The summed E-state index contributed by atoms with van der Waals surface area (Å²) in [6.07, 6.45) is 0.287. The van der Waals surface area contributed by atoms with Crippen LogP contribution in [0.3, 0.4) is 0 Å². The van der Waals surface area contributed by atoms with Gasteiger partial charge in [-0.3, -0.25) is 0 Å². The molecule has 0 spiro atoms. The SMILES string of the molecule is CCOC(=O)c1cc(-c2cc3sc([Si](C)(C)C)cc3[se]2)c(OC(=O)CC)cc1-c1cc2sc([Si](C)(C)C)cc2[se]1. The van der Waals surface area contributed by atoms with Gasteiger partial charge in [-0.05, 0) is 0 Å². The Morgan fingerprint density at radius 2 is 1.27 bits per heavy atom. The summed E-state index contributed by atoms with van der Waals surface area (Å²) in [4.78, 5) is 25.9. The van der Waals surface area contributed by atoms with Crippen molar-refractivity contribution in [2.75, 3.05) is 6.61 Å². The number of benzene rings is 1. The Hall–Kier alpha value is -1.49. The van der Waals surface area contributed by atoms with Gasteiger partial charge in [-0.1, -0.05) is 0 Å². The first kappa shape index (κ1) is 30.0. The number of carbonyl (C=O) groups is 2. The van der Waals surface area contributed by atoms with Crippen LogP contribution in [0.1, 0.15) is 30.6 Å². The van der Waals surface area contributed by atoms with Gasteiger partial charge in [0.1, 0.15) is 0 Å². The molecule has 0 fully saturated rings. The Morgan fingerprint density at radius 3 is 1.73 bits per heavy atom. The molecule has 210 valence electrons. The summed E-state index contributed by atoms with van der Waals surface area (Å²) in [5.74, 6) is -0.0649. The molecule has 0 aliphatic carbocycles. The van der Waals surface area contributed by atoms with Gasteiger partial charge in [0.2, 0.25) is 0 Å². The van der Waals surface area contributed by atoms with Crippen LogP contribution in [0.25, 0.3) is 37.9 Å². The number of hydrogen-bond donors (Lipinski definition) is 0. The molecule has 4 aromatic heterocycles. The number of esters is 2. The average Bonchev–Trinajstić information content (AvgIpc) is 3.61. The molecule has 4 heterocycles. The van der Waals surface area contributed by atoms with E-state index in [-0.39, 0.29) is 47.4 Å². The van der Waals surface area contributed by atoms with Gasteiger partial charge in [-0.25, -0.2) is 0 Å². The van der Waals surface area contributed by atoms with Crippen molar-refractivity contribution in [2.24, 2.45) is 0 Å². The number of thiophene rings is 2. The van der Waals surface area contributed by atoms with Crippen LogP contribution in [0.4, 0.5) is 0 Å². The summed E-state index contributed by atoms with van der Waals surface area (Å²) < 4.78 is 22.1. The third kappa shape index (κ3) is 6.01. The Kier molecular flexibility index (Phi) is 8.47. The van der Waals surface area contributed by atoms with E-state index in [2.05, 4.69) is 63.5 Å². The summed E-state index contributed by atoms with van der Waals surface area (Å²) in [5.41, 5.74) is 2.20. The Labute approximate surface area is 257 Å². The predicted octanol–water partition coefficient (Wildman–Crippen LogP) is 7.15. The van der Waals surface area contributed by atoms with E-state index in [0.717, 1.165) is 20.0 Å². The minimum atomic E-state index is -1.39. The molecule has 1 aromatic carbocycles. The van der Waals surface area contributed by atoms with Gasteiger partial charge in [0.15, 0.2) is 0 Å². The maximum absolute atomic E-state index is 13.3. The third-order valence-corrected chi connectivity index (χ3v) is 21.1. The van der Waals surface area contributed by atoms with Gasteiger partial charge in [0.05, 0.1) is 0 Å². The van der Waals surface area contributed by atoms with E-state index in [1.807, 2.05) is 41.7 Å². The van der Waals surface area contributed by atoms with E-state index >= 15 is 0 Å². The van der Waals surface area contributed by atoms with Crippen LogP contribution >= 0.6 is 22.7 Å². The molecule has 0 bridgehead atoms. The van der Waals surface area contributed by atoms with E-state index in [9.17, 15) is 9.59 Å². The van der Waals surface area contributed by atoms with Gasteiger partial charge in [-0.2, -0.15) is 0 Å². The molecule has 5 rings (SSSR count). The molecule has 0 saturated carbocycles. The monoisotopic (exact) mass is 738 g/mol. The Bertz CT molecular complexity index is 1680. The summed E-state index contributed by atoms with van der Waals surface area (Å²) in [5, 5.41) is 0. The van der Waals surface area contributed by atoms with Crippen molar-refractivity contribution in [3.8, 4) is 25.8 Å². The maximum atomic E-state index is 13.3. The van der Waals surface area contributed by atoms with Crippen LogP contribution in [0.15, 0.2) is 36.4 Å². The third-order valence-electron chi connectivity index (χ3n) is 6.55. The van der Waals surface area contributed by atoms with Gasteiger partial charge < -0.3 is 0 Å². The molecule has 0 radical (unpaired) electrons. The fourth-order valence-corrected chi connectivity index (χ4v) is 16.5. The molecule has 0 aliphatic rings. The molecule has 40 heavy (non-hydrogen) atoms. The predicted molar refractivity (Wildman–Crippen MR) is 180 cm³/mol. The average molecular weight is 737 g/mol. The zero-order valence-corrected chi connectivity index (χ0v) is 31.2. The van der Waals surface area contributed by atoms with E-state index in [1.165, 1.54) is 26.9 Å². The normalized spacial score (nSPS) is 12.4. The Balaban J connectivity index is 1.68. The van der Waals surface area contributed by atoms with E-state index in [0.29, 0.717) is 17.9 Å². The fourth-order valence-electron chi connectivity index (χ4n) is 4.31. The second-order valence-electron chi connectivity index (χ2n) is 11.8. The second kappa shape index (κ2) is 11.3.